The molecule has 0 bridgehead atoms. The number of hydrogen-bond acceptors (Lipinski definition) is 3. The van der Waals surface area contributed by atoms with E-state index in [1.807, 2.05) is 43.4 Å². The van der Waals surface area contributed by atoms with Crippen molar-refractivity contribution in [2.24, 2.45) is 0 Å². The normalized spacial score (nSPS) is 22.6. The molecular formula is C20H24N3O2+. The lowest BCUT2D eigenvalue weighted by molar-refractivity contribution is -0.544. The van der Waals surface area contributed by atoms with Crippen LogP contribution in [-0.4, -0.2) is 18.1 Å². The lowest BCUT2D eigenvalue weighted by Crippen LogP contribution is -2.80. The fourth-order valence-electron chi connectivity index (χ4n) is 3.33. The lowest BCUT2D eigenvalue weighted by Gasteiger charge is -2.29. The highest BCUT2D eigenvalue weighted by Crippen LogP contribution is 2.25. The predicted octanol–water partition coefficient (Wildman–Crippen LogP) is 2.04. The molecule has 1 amide bonds. The summed E-state index contributed by atoms with van der Waals surface area (Å²) in [7, 11) is 0. The Balaban J connectivity index is 1.47. The summed E-state index contributed by atoms with van der Waals surface area (Å²) in [5, 5.41) is 14.0. The third-order valence-electron chi connectivity index (χ3n) is 4.80. The standard InChI is InChI=1S/C20H23N3O2/c1-13-11-18(7-4-15(13)12-21)25-17-8-5-16(6-9-17)23-20(24)19-10-3-14(2)22-19/h3-4,7,10-11,16-17,22H,5-6,8-9H2,1-2H3,(H,23,24)/p+1. The van der Waals surface area contributed by atoms with Crippen LogP contribution in [0.5, 0.6) is 5.75 Å². The van der Waals surface area contributed by atoms with Crippen LogP contribution in [0.3, 0.4) is 0 Å². The Morgan fingerprint density at radius 2 is 2.00 bits per heavy atom. The van der Waals surface area contributed by atoms with Gasteiger partial charge in [-0.1, -0.05) is 0 Å². The number of nitrogens with two attached hydrogens (primary N) is 1. The molecule has 1 aliphatic carbocycles. The molecule has 1 heterocycles. The van der Waals surface area contributed by atoms with E-state index in [1.54, 1.807) is 6.07 Å². The summed E-state index contributed by atoms with van der Waals surface area (Å²) in [6, 6.07) is 7.97. The molecule has 1 aliphatic heterocycles. The Kier molecular flexibility index (Phi) is 5.20. The third kappa shape index (κ3) is 4.28. The van der Waals surface area contributed by atoms with Crippen molar-refractivity contribution in [3.8, 4) is 11.8 Å². The van der Waals surface area contributed by atoms with Gasteiger partial charge < -0.3 is 10.1 Å². The van der Waals surface area contributed by atoms with E-state index in [4.69, 9.17) is 10.00 Å². The topological polar surface area (TPSA) is 78.7 Å². The highest BCUT2D eigenvalue weighted by molar-refractivity contribution is 5.91. The molecule has 1 aromatic carbocycles. The van der Waals surface area contributed by atoms with Crippen LogP contribution in [-0.2, 0) is 4.79 Å². The first-order valence-electron chi connectivity index (χ1n) is 8.77. The van der Waals surface area contributed by atoms with Gasteiger partial charge in [0.2, 0.25) is 0 Å². The van der Waals surface area contributed by atoms with E-state index in [9.17, 15) is 4.79 Å². The first kappa shape index (κ1) is 17.2. The van der Waals surface area contributed by atoms with E-state index in [1.165, 1.54) is 0 Å². The molecule has 25 heavy (non-hydrogen) atoms. The molecule has 0 unspecified atom stereocenters. The molecule has 0 radical (unpaired) electrons. The number of nitrogens with one attached hydrogen (secondary N) is 1. The summed E-state index contributed by atoms with van der Waals surface area (Å²) in [5.41, 5.74) is 3.47. The number of hydrogen-bond donors (Lipinski definition) is 2. The van der Waals surface area contributed by atoms with Gasteiger partial charge in [-0.15, -0.1) is 0 Å². The number of benzene rings is 1. The zero-order chi connectivity index (χ0) is 17.8. The number of ether oxygens (including phenoxy) is 1. The Hall–Kier alpha value is -2.58. The van der Waals surface area contributed by atoms with E-state index >= 15 is 0 Å². The molecule has 0 aromatic heterocycles. The second kappa shape index (κ2) is 7.54. The molecule has 5 heteroatoms. The average Bonchev–Trinajstić information content (AvgIpc) is 3.03. The fraction of sp³-hybridized carbons (Fsp3) is 0.400. The number of nitrogens with zero attached hydrogens (tertiary/aromatic N) is 1. The van der Waals surface area contributed by atoms with Crippen molar-refractivity contribution in [2.45, 2.75) is 51.7 Å². The summed E-state index contributed by atoms with van der Waals surface area (Å²) in [6.07, 6.45) is 7.68. The van der Waals surface area contributed by atoms with Gasteiger partial charge in [0.25, 0.3) is 0 Å². The van der Waals surface area contributed by atoms with Crippen LogP contribution in [0.4, 0.5) is 0 Å². The molecular weight excluding hydrogens is 314 g/mol. The Morgan fingerprint density at radius 3 is 2.60 bits per heavy atom. The number of aryl methyl sites for hydroxylation is 1. The minimum Gasteiger partial charge on any atom is -0.490 e. The van der Waals surface area contributed by atoms with Crippen molar-refractivity contribution in [1.82, 2.24) is 5.32 Å². The summed E-state index contributed by atoms with van der Waals surface area (Å²) >= 11 is 0. The number of amides is 1. The van der Waals surface area contributed by atoms with Gasteiger partial charge in [-0.2, -0.15) is 5.26 Å². The quantitative estimate of drug-likeness (QED) is 0.882. The maximum Gasteiger partial charge on any atom is 0.305 e. The van der Waals surface area contributed by atoms with E-state index < -0.39 is 0 Å². The lowest BCUT2D eigenvalue weighted by atomic mass is 9.92. The molecule has 5 nitrogen and oxygen atoms in total. The predicted molar refractivity (Wildman–Crippen MR) is 94.5 cm³/mol. The second-order valence-corrected chi connectivity index (χ2v) is 6.83. The number of rotatable bonds is 4. The van der Waals surface area contributed by atoms with Crippen molar-refractivity contribution >= 4 is 5.91 Å². The first-order valence-corrected chi connectivity index (χ1v) is 8.77. The van der Waals surface area contributed by atoms with Gasteiger partial charge in [0.15, 0.2) is 5.70 Å². The smallest absolute Gasteiger partial charge is 0.305 e. The molecule has 0 atom stereocenters. The molecule has 1 fully saturated rings. The zero-order valence-corrected chi connectivity index (χ0v) is 14.7. The molecule has 2 aliphatic rings. The third-order valence-corrected chi connectivity index (χ3v) is 4.80. The largest absolute Gasteiger partial charge is 0.490 e. The maximum absolute atomic E-state index is 12.2. The SMILES string of the molecule is CC1=CC=C(C(=O)NC2CCC(Oc3ccc(C#N)c(C)c3)CC2)[NH2+]1. The van der Waals surface area contributed by atoms with Crippen molar-refractivity contribution in [1.29, 1.82) is 5.26 Å². The van der Waals surface area contributed by atoms with Crippen molar-refractivity contribution in [2.75, 3.05) is 0 Å². The van der Waals surface area contributed by atoms with Crippen LogP contribution in [0.25, 0.3) is 0 Å². The van der Waals surface area contributed by atoms with Crippen LogP contribution < -0.4 is 15.4 Å². The van der Waals surface area contributed by atoms with Crippen molar-refractivity contribution < 1.29 is 14.8 Å². The van der Waals surface area contributed by atoms with Crippen LogP contribution in [0.2, 0.25) is 0 Å². The molecule has 3 rings (SSSR count). The minimum atomic E-state index is 0.0141. The highest BCUT2D eigenvalue weighted by Gasteiger charge is 2.26. The summed E-state index contributed by atoms with van der Waals surface area (Å²) in [4.78, 5) is 12.2. The van der Waals surface area contributed by atoms with Crippen molar-refractivity contribution in [3.63, 3.8) is 0 Å². The summed E-state index contributed by atoms with van der Waals surface area (Å²) in [5.74, 6) is 0.830. The van der Waals surface area contributed by atoms with Gasteiger partial charge >= 0.3 is 5.91 Å². The van der Waals surface area contributed by atoms with Gasteiger partial charge in [0.05, 0.1) is 17.7 Å². The highest BCUT2D eigenvalue weighted by atomic mass is 16.5. The van der Waals surface area contributed by atoms with E-state index in [0.29, 0.717) is 5.56 Å². The van der Waals surface area contributed by atoms with Crippen molar-refractivity contribution in [3.05, 3.63) is 52.9 Å². The molecule has 0 spiro atoms. The number of nitriles is 1. The number of carbonyl (C=O) groups excluding carboxylic acids is 1. The minimum absolute atomic E-state index is 0.0141. The molecule has 1 aromatic rings. The Morgan fingerprint density at radius 1 is 1.24 bits per heavy atom. The van der Waals surface area contributed by atoms with Gasteiger partial charge in [0, 0.05) is 25.1 Å². The van der Waals surface area contributed by atoms with Crippen LogP contribution >= 0.6 is 0 Å². The van der Waals surface area contributed by atoms with Gasteiger partial charge in [-0.25, -0.2) is 0 Å². The van der Waals surface area contributed by atoms with Crippen LogP contribution in [0.1, 0.15) is 43.7 Å². The van der Waals surface area contributed by atoms with Gasteiger partial charge in [-0.05, 0) is 56.4 Å². The summed E-state index contributed by atoms with van der Waals surface area (Å²) < 4.78 is 6.05. The number of quaternary nitrogens is 1. The Bertz CT molecular complexity index is 766. The van der Waals surface area contributed by atoms with E-state index in [0.717, 1.165) is 48.4 Å². The summed E-state index contributed by atoms with van der Waals surface area (Å²) in [6.45, 7) is 3.91. The number of allylic oxidation sites excluding steroid dienone is 3. The molecule has 1 saturated carbocycles. The second-order valence-electron chi connectivity index (χ2n) is 6.83. The first-order chi connectivity index (χ1) is 12.0. The van der Waals surface area contributed by atoms with Crippen LogP contribution in [0, 0.1) is 18.3 Å². The zero-order valence-electron chi connectivity index (χ0n) is 14.7. The van der Waals surface area contributed by atoms with E-state index in [2.05, 4.69) is 11.4 Å². The number of carbonyl (C=O) groups is 1. The average molecular weight is 338 g/mol. The van der Waals surface area contributed by atoms with E-state index in [-0.39, 0.29) is 18.1 Å². The maximum atomic E-state index is 12.2. The Labute approximate surface area is 148 Å². The molecule has 0 saturated heterocycles. The molecule has 130 valence electrons. The van der Waals surface area contributed by atoms with Gasteiger partial charge in [-0.3, -0.25) is 10.1 Å². The van der Waals surface area contributed by atoms with Gasteiger partial charge in [0.1, 0.15) is 11.4 Å². The monoisotopic (exact) mass is 338 g/mol. The fourth-order valence-corrected chi connectivity index (χ4v) is 3.33. The molecule has 3 N–H and O–H groups in total. The van der Waals surface area contributed by atoms with Crippen LogP contribution in [0.15, 0.2) is 41.7 Å².